The van der Waals surface area contributed by atoms with E-state index in [1.54, 1.807) is 11.3 Å². The molecule has 0 spiro atoms. The van der Waals surface area contributed by atoms with Crippen LogP contribution in [0.5, 0.6) is 0 Å². The van der Waals surface area contributed by atoms with Gasteiger partial charge in [-0.25, -0.2) is 0 Å². The van der Waals surface area contributed by atoms with Gasteiger partial charge in [0.25, 0.3) is 0 Å². The van der Waals surface area contributed by atoms with Crippen LogP contribution in [0, 0.1) is 6.92 Å². The largest absolute Gasteiger partial charge is 0.313 e. The van der Waals surface area contributed by atoms with Crippen LogP contribution in [0.4, 0.5) is 0 Å². The first-order chi connectivity index (χ1) is 8.29. The van der Waals surface area contributed by atoms with Gasteiger partial charge in [-0.3, -0.25) is 4.98 Å². The monoisotopic (exact) mass is 246 g/mol. The highest BCUT2D eigenvalue weighted by atomic mass is 32.1. The van der Waals surface area contributed by atoms with E-state index in [1.807, 2.05) is 19.4 Å². The summed E-state index contributed by atoms with van der Waals surface area (Å²) in [7, 11) is 2.01. The van der Waals surface area contributed by atoms with Crippen molar-refractivity contribution in [1.29, 1.82) is 0 Å². The molecule has 17 heavy (non-hydrogen) atoms. The molecule has 1 atom stereocenters. The van der Waals surface area contributed by atoms with Crippen LogP contribution in [0.2, 0.25) is 0 Å². The Balaban J connectivity index is 2.01. The summed E-state index contributed by atoms with van der Waals surface area (Å²) in [6.07, 6.45) is 6.08. The van der Waals surface area contributed by atoms with Crippen molar-refractivity contribution < 1.29 is 0 Å². The van der Waals surface area contributed by atoms with E-state index < -0.39 is 0 Å². The second kappa shape index (κ2) is 5.94. The van der Waals surface area contributed by atoms with Gasteiger partial charge in [-0.15, -0.1) is 0 Å². The zero-order valence-electron chi connectivity index (χ0n) is 10.3. The van der Waals surface area contributed by atoms with Crippen molar-refractivity contribution in [3.05, 3.63) is 52.0 Å². The zero-order valence-corrected chi connectivity index (χ0v) is 11.1. The summed E-state index contributed by atoms with van der Waals surface area (Å²) < 4.78 is 0. The summed E-state index contributed by atoms with van der Waals surface area (Å²) >= 11 is 1.76. The summed E-state index contributed by atoms with van der Waals surface area (Å²) in [4.78, 5) is 4.26. The molecule has 0 saturated carbocycles. The Bertz CT molecular complexity index is 451. The maximum absolute atomic E-state index is 4.26. The molecule has 3 heteroatoms. The topological polar surface area (TPSA) is 24.9 Å². The fourth-order valence-corrected chi connectivity index (χ4v) is 2.70. The van der Waals surface area contributed by atoms with E-state index >= 15 is 0 Å². The van der Waals surface area contributed by atoms with Gasteiger partial charge in [0.2, 0.25) is 0 Å². The third-order valence-electron chi connectivity index (χ3n) is 2.95. The van der Waals surface area contributed by atoms with E-state index in [4.69, 9.17) is 0 Å². The first-order valence-corrected chi connectivity index (χ1v) is 6.84. The molecule has 0 amide bonds. The SMILES string of the molecule is CNC(CCc1ccsc1)c1cncc(C)c1. The first-order valence-electron chi connectivity index (χ1n) is 5.89. The smallest absolute Gasteiger partial charge is 0.0336 e. The van der Waals surface area contributed by atoms with Gasteiger partial charge in [0.15, 0.2) is 0 Å². The highest BCUT2D eigenvalue weighted by Gasteiger charge is 2.09. The lowest BCUT2D eigenvalue weighted by atomic mass is 10.0. The lowest BCUT2D eigenvalue weighted by Crippen LogP contribution is -2.17. The standard InChI is InChI=1S/C14H18N2S/c1-11-7-13(9-16-8-11)14(15-2)4-3-12-5-6-17-10-12/h5-10,14-15H,3-4H2,1-2H3. The molecule has 2 nitrogen and oxygen atoms in total. The molecule has 0 aliphatic carbocycles. The Morgan fingerprint density at radius 2 is 2.29 bits per heavy atom. The summed E-state index contributed by atoms with van der Waals surface area (Å²) in [5.41, 5.74) is 3.93. The fraction of sp³-hybridized carbons (Fsp3) is 0.357. The third kappa shape index (κ3) is 3.38. The minimum atomic E-state index is 0.391. The molecule has 0 fully saturated rings. The van der Waals surface area contributed by atoms with Crippen LogP contribution in [0.25, 0.3) is 0 Å². The highest BCUT2D eigenvalue weighted by Crippen LogP contribution is 2.19. The minimum Gasteiger partial charge on any atom is -0.313 e. The zero-order chi connectivity index (χ0) is 12.1. The van der Waals surface area contributed by atoms with Crippen LogP contribution in [0.15, 0.2) is 35.3 Å². The van der Waals surface area contributed by atoms with Crippen molar-refractivity contribution in [3.8, 4) is 0 Å². The fourth-order valence-electron chi connectivity index (χ4n) is 1.99. The molecule has 0 saturated heterocycles. The van der Waals surface area contributed by atoms with E-state index in [9.17, 15) is 0 Å². The number of nitrogens with one attached hydrogen (secondary N) is 1. The van der Waals surface area contributed by atoms with E-state index in [2.05, 4.69) is 40.1 Å². The first kappa shape index (κ1) is 12.3. The second-order valence-corrected chi connectivity index (χ2v) is 5.09. The summed E-state index contributed by atoms with van der Waals surface area (Å²) in [6.45, 7) is 2.09. The van der Waals surface area contributed by atoms with Crippen molar-refractivity contribution >= 4 is 11.3 Å². The summed E-state index contributed by atoms with van der Waals surface area (Å²) in [6, 6.07) is 4.80. The molecule has 2 rings (SSSR count). The number of thiophene rings is 1. The molecule has 0 aliphatic heterocycles. The van der Waals surface area contributed by atoms with E-state index in [0.717, 1.165) is 12.8 Å². The van der Waals surface area contributed by atoms with Gasteiger partial charge in [0, 0.05) is 18.4 Å². The van der Waals surface area contributed by atoms with Crippen LogP contribution in [0.3, 0.4) is 0 Å². The Morgan fingerprint density at radius 1 is 1.41 bits per heavy atom. The molecule has 2 aromatic heterocycles. The van der Waals surface area contributed by atoms with Crippen LogP contribution in [-0.2, 0) is 6.42 Å². The number of aromatic nitrogens is 1. The molecule has 2 heterocycles. The third-order valence-corrected chi connectivity index (χ3v) is 3.68. The number of aryl methyl sites for hydroxylation is 2. The summed E-state index contributed by atoms with van der Waals surface area (Å²) in [5.74, 6) is 0. The Kier molecular flexibility index (Phi) is 4.29. The van der Waals surface area contributed by atoms with Gasteiger partial charge < -0.3 is 5.32 Å². The molecule has 90 valence electrons. The number of rotatable bonds is 5. The van der Waals surface area contributed by atoms with Gasteiger partial charge in [0.05, 0.1) is 0 Å². The van der Waals surface area contributed by atoms with E-state index in [-0.39, 0.29) is 0 Å². The van der Waals surface area contributed by atoms with Crippen LogP contribution in [0.1, 0.15) is 29.2 Å². The normalized spacial score (nSPS) is 12.6. The summed E-state index contributed by atoms with van der Waals surface area (Å²) in [5, 5.41) is 7.73. The van der Waals surface area contributed by atoms with Gasteiger partial charge >= 0.3 is 0 Å². The predicted molar refractivity (Wildman–Crippen MR) is 73.4 cm³/mol. The maximum Gasteiger partial charge on any atom is 0.0336 e. The van der Waals surface area contributed by atoms with Gasteiger partial charge in [0.1, 0.15) is 0 Å². The molecular weight excluding hydrogens is 228 g/mol. The maximum atomic E-state index is 4.26. The molecule has 0 aromatic carbocycles. The van der Waals surface area contributed by atoms with Crippen molar-refractivity contribution in [2.45, 2.75) is 25.8 Å². The molecular formula is C14H18N2S. The number of hydrogen-bond donors (Lipinski definition) is 1. The lowest BCUT2D eigenvalue weighted by Gasteiger charge is -2.16. The van der Waals surface area contributed by atoms with Crippen LogP contribution >= 0.6 is 11.3 Å². The van der Waals surface area contributed by atoms with E-state index in [1.165, 1.54) is 16.7 Å². The average molecular weight is 246 g/mol. The van der Waals surface area contributed by atoms with Gasteiger partial charge in [-0.2, -0.15) is 11.3 Å². The predicted octanol–water partition coefficient (Wildman–Crippen LogP) is 3.34. The minimum absolute atomic E-state index is 0.391. The van der Waals surface area contributed by atoms with Gasteiger partial charge in [-0.1, -0.05) is 6.07 Å². The molecule has 0 bridgehead atoms. The van der Waals surface area contributed by atoms with E-state index in [0.29, 0.717) is 6.04 Å². The molecule has 2 aromatic rings. The van der Waals surface area contributed by atoms with Crippen molar-refractivity contribution in [1.82, 2.24) is 10.3 Å². The number of nitrogens with zero attached hydrogens (tertiary/aromatic N) is 1. The Hall–Kier alpha value is -1.19. The molecule has 1 N–H and O–H groups in total. The second-order valence-electron chi connectivity index (χ2n) is 4.31. The van der Waals surface area contributed by atoms with Crippen LogP contribution < -0.4 is 5.32 Å². The number of hydrogen-bond acceptors (Lipinski definition) is 3. The lowest BCUT2D eigenvalue weighted by molar-refractivity contribution is 0.547. The molecule has 0 aliphatic rings. The van der Waals surface area contributed by atoms with Crippen molar-refractivity contribution in [2.24, 2.45) is 0 Å². The van der Waals surface area contributed by atoms with Gasteiger partial charge in [-0.05, 0) is 60.3 Å². The Labute approximate surface area is 107 Å². The average Bonchev–Trinajstić information content (AvgIpc) is 2.83. The molecule has 1 unspecified atom stereocenters. The molecule has 0 radical (unpaired) electrons. The van der Waals surface area contributed by atoms with Crippen molar-refractivity contribution in [3.63, 3.8) is 0 Å². The van der Waals surface area contributed by atoms with Crippen molar-refractivity contribution in [2.75, 3.05) is 7.05 Å². The van der Waals surface area contributed by atoms with Crippen LogP contribution in [-0.4, -0.2) is 12.0 Å². The quantitative estimate of drug-likeness (QED) is 0.875. The Morgan fingerprint density at radius 3 is 2.94 bits per heavy atom. The highest BCUT2D eigenvalue weighted by molar-refractivity contribution is 7.07. The number of pyridine rings is 1.